The highest BCUT2D eigenvalue weighted by Crippen LogP contribution is 2.37. The molecule has 0 N–H and O–H groups in total. The number of rotatable bonds is 7. The van der Waals surface area contributed by atoms with Gasteiger partial charge in [-0.15, -0.1) is 0 Å². The van der Waals surface area contributed by atoms with Crippen LogP contribution in [0.15, 0.2) is 84.9 Å². The Morgan fingerprint density at radius 3 is 1.18 bits per heavy atom. The average molecular weight is 495 g/mol. The van der Waals surface area contributed by atoms with E-state index in [0.717, 1.165) is 17.5 Å². The van der Waals surface area contributed by atoms with Gasteiger partial charge in [0.25, 0.3) is 0 Å². The average Bonchev–Trinajstić information content (AvgIpc) is 2.97. The van der Waals surface area contributed by atoms with Crippen LogP contribution >= 0.6 is 0 Å². The minimum Gasteiger partial charge on any atom is -0.457 e. The molecule has 0 saturated carbocycles. The number of benzene rings is 4. The normalized spacial score (nSPS) is 10.4. The van der Waals surface area contributed by atoms with Gasteiger partial charge in [0.1, 0.15) is 47.3 Å². The largest absolute Gasteiger partial charge is 0.457 e. The molecule has 4 aromatic carbocycles. The van der Waals surface area contributed by atoms with Crippen LogP contribution in [-0.2, 0) is 5.41 Å². The molecule has 0 radical (unpaired) electrons. The van der Waals surface area contributed by atoms with Gasteiger partial charge in [-0.1, -0.05) is 38.1 Å². The summed E-state index contributed by atoms with van der Waals surface area (Å²) >= 11 is 0. The Labute approximate surface area is 221 Å². The van der Waals surface area contributed by atoms with Crippen molar-refractivity contribution in [1.29, 1.82) is 21.0 Å². The van der Waals surface area contributed by atoms with Gasteiger partial charge < -0.3 is 9.47 Å². The van der Waals surface area contributed by atoms with E-state index in [-0.39, 0.29) is 16.5 Å². The van der Waals surface area contributed by atoms with Gasteiger partial charge in [-0.25, -0.2) is 0 Å². The lowest BCUT2D eigenvalue weighted by molar-refractivity contribution is 0.479. The Morgan fingerprint density at radius 2 is 0.868 bits per heavy atom. The van der Waals surface area contributed by atoms with Gasteiger partial charge in [0, 0.05) is 5.41 Å². The summed E-state index contributed by atoms with van der Waals surface area (Å²) in [7, 11) is 0. The summed E-state index contributed by atoms with van der Waals surface area (Å²) in [5.41, 5.74) is 3.15. The van der Waals surface area contributed by atoms with Crippen molar-refractivity contribution >= 4 is 0 Å². The Balaban J connectivity index is 1.52. The molecule has 0 heterocycles. The monoisotopic (exact) mass is 494 g/mol. The maximum absolute atomic E-state index is 9.25. The van der Waals surface area contributed by atoms with E-state index in [9.17, 15) is 10.5 Å². The molecule has 4 aromatic rings. The van der Waals surface area contributed by atoms with E-state index < -0.39 is 0 Å². The summed E-state index contributed by atoms with van der Waals surface area (Å²) in [5, 5.41) is 36.7. The summed E-state index contributed by atoms with van der Waals surface area (Å²) in [6.07, 6.45) is 0.857. The zero-order valence-electron chi connectivity index (χ0n) is 20.9. The minimum atomic E-state index is -0.262. The molecule has 0 spiro atoms. The topological polar surface area (TPSA) is 114 Å². The lowest BCUT2D eigenvalue weighted by Gasteiger charge is -2.30. The van der Waals surface area contributed by atoms with Crippen molar-refractivity contribution in [3.05, 3.63) is 118 Å². The number of ether oxygens (including phenoxy) is 2. The maximum atomic E-state index is 9.25. The summed E-state index contributed by atoms with van der Waals surface area (Å²) < 4.78 is 11.8. The quantitative estimate of drug-likeness (QED) is 0.263. The predicted molar refractivity (Wildman–Crippen MR) is 142 cm³/mol. The van der Waals surface area contributed by atoms with Gasteiger partial charge in [0.15, 0.2) is 0 Å². The number of nitrogens with zero attached hydrogens (tertiary/aromatic N) is 4. The zero-order valence-corrected chi connectivity index (χ0v) is 20.9. The molecule has 0 bridgehead atoms. The fraction of sp³-hybridized carbons (Fsp3) is 0.125. The van der Waals surface area contributed by atoms with E-state index in [4.69, 9.17) is 20.0 Å². The highest BCUT2D eigenvalue weighted by molar-refractivity contribution is 5.51. The van der Waals surface area contributed by atoms with Crippen LogP contribution in [0.3, 0.4) is 0 Å². The molecule has 0 aliphatic heterocycles. The Bertz CT molecular complexity index is 1520. The first kappa shape index (κ1) is 25.5. The van der Waals surface area contributed by atoms with Gasteiger partial charge in [0.2, 0.25) is 0 Å². The van der Waals surface area contributed by atoms with Gasteiger partial charge in [-0.05, 0) is 78.2 Å². The molecular formula is C32H22N4O2. The first-order valence-electron chi connectivity index (χ1n) is 11.9. The fourth-order valence-electron chi connectivity index (χ4n) is 4.18. The Morgan fingerprint density at radius 1 is 0.526 bits per heavy atom. The third-order valence-corrected chi connectivity index (χ3v) is 6.63. The summed E-state index contributed by atoms with van der Waals surface area (Å²) in [4.78, 5) is 0. The van der Waals surface area contributed by atoms with E-state index >= 15 is 0 Å². The number of hydrogen-bond acceptors (Lipinski definition) is 6. The van der Waals surface area contributed by atoms with Crippen LogP contribution in [0.25, 0.3) is 0 Å². The summed E-state index contributed by atoms with van der Waals surface area (Å²) in [5.74, 6) is 2.24. The molecule has 0 amide bonds. The Hall–Kier alpha value is -5.56. The molecule has 0 aliphatic carbocycles. The van der Waals surface area contributed by atoms with Crippen LogP contribution in [0.2, 0.25) is 0 Å². The second kappa shape index (κ2) is 11.0. The second-order valence-electron chi connectivity index (χ2n) is 8.80. The first-order valence-corrected chi connectivity index (χ1v) is 11.9. The second-order valence-corrected chi connectivity index (χ2v) is 8.80. The molecule has 0 aliphatic rings. The van der Waals surface area contributed by atoms with Crippen molar-refractivity contribution in [1.82, 2.24) is 0 Å². The zero-order chi connectivity index (χ0) is 27.1. The number of nitriles is 4. The third kappa shape index (κ3) is 5.17. The van der Waals surface area contributed by atoms with Crippen molar-refractivity contribution in [2.45, 2.75) is 25.7 Å². The van der Waals surface area contributed by atoms with E-state index in [1.807, 2.05) is 72.8 Å². The molecule has 0 saturated heterocycles. The minimum absolute atomic E-state index is 0.262. The van der Waals surface area contributed by atoms with Crippen molar-refractivity contribution < 1.29 is 9.47 Å². The van der Waals surface area contributed by atoms with E-state index in [0.29, 0.717) is 34.1 Å². The van der Waals surface area contributed by atoms with Crippen LogP contribution in [0, 0.1) is 45.3 Å². The SMILES string of the molecule is CCC(C)(c1ccc(Oc2ccc(C#N)c(C#N)c2)cc1)c1ccc(Oc2ccc(C#N)c(C#N)c2)cc1. The molecule has 0 aromatic heterocycles. The molecule has 4 rings (SSSR count). The smallest absolute Gasteiger partial charge is 0.128 e. The molecule has 6 nitrogen and oxygen atoms in total. The molecule has 6 heteroatoms. The van der Waals surface area contributed by atoms with Crippen LogP contribution in [0.5, 0.6) is 23.0 Å². The van der Waals surface area contributed by atoms with Crippen LogP contribution in [0.1, 0.15) is 53.6 Å². The predicted octanol–water partition coefficient (Wildman–Crippen LogP) is 7.47. The molecular weight excluding hydrogens is 472 g/mol. The van der Waals surface area contributed by atoms with Crippen molar-refractivity contribution in [3.8, 4) is 47.3 Å². The van der Waals surface area contributed by atoms with E-state index in [2.05, 4.69) is 13.8 Å². The summed E-state index contributed by atoms with van der Waals surface area (Å²) in [6, 6.07) is 33.3. The van der Waals surface area contributed by atoms with Gasteiger partial charge in [-0.3, -0.25) is 0 Å². The molecule has 0 unspecified atom stereocenters. The van der Waals surface area contributed by atoms with E-state index in [1.54, 1.807) is 36.4 Å². The highest BCUT2D eigenvalue weighted by atomic mass is 16.5. The van der Waals surface area contributed by atoms with Crippen molar-refractivity contribution in [2.75, 3.05) is 0 Å². The van der Waals surface area contributed by atoms with Crippen LogP contribution in [-0.4, -0.2) is 0 Å². The highest BCUT2D eigenvalue weighted by Gasteiger charge is 2.27. The fourth-order valence-corrected chi connectivity index (χ4v) is 4.18. The van der Waals surface area contributed by atoms with Crippen LogP contribution < -0.4 is 9.47 Å². The molecule has 182 valence electrons. The van der Waals surface area contributed by atoms with E-state index in [1.165, 1.54) is 0 Å². The molecule has 0 fully saturated rings. The lowest BCUT2D eigenvalue weighted by atomic mass is 9.74. The van der Waals surface area contributed by atoms with Gasteiger partial charge in [0.05, 0.1) is 22.3 Å². The number of hydrogen-bond donors (Lipinski definition) is 0. The van der Waals surface area contributed by atoms with Gasteiger partial charge >= 0.3 is 0 Å². The third-order valence-electron chi connectivity index (χ3n) is 6.63. The Kier molecular flexibility index (Phi) is 7.40. The summed E-state index contributed by atoms with van der Waals surface area (Å²) in [6.45, 7) is 4.31. The first-order chi connectivity index (χ1) is 18.4. The molecule has 0 atom stereocenters. The maximum Gasteiger partial charge on any atom is 0.128 e. The molecule has 38 heavy (non-hydrogen) atoms. The standard InChI is InChI=1S/C32H22N4O2/c1-3-32(2,26-6-12-28(13-7-26)37-30-10-4-22(18-33)24(16-30)20-35)27-8-14-29(15-9-27)38-31-11-5-23(19-34)25(17-31)21-36/h4-17H,3H2,1-2H3. The van der Waals surface area contributed by atoms with Crippen molar-refractivity contribution in [3.63, 3.8) is 0 Å². The van der Waals surface area contributed by atoms with Crippen LogP contribution in [0.4, 0.5) is 0 Å². The van der Waals surface area contributed by atoms with Crippen molar-refractivity contribution in [2.24, 2.45) is 0 Å². The van der Waals surface area contributed by atoms with Gasteiger partial charge in [-0.2, -0.15) is 21.0 Å². The lowest BCUT2D eigenvalue weighted by Crippen LogP contribution is -2.22.